The summed E-state index contributed by atoms with van der Waals surface area (Å²) in [7, 11) is 2.13. The Labute approximate surface area is 84.8 Å². The Balaban J connectivity index is 1.83. The molecule has 0 radical (unpaired) electrons. The van der Waals surface area contributed by atoms with E-state index in [2.05, 4.69) is 11.9 Å². The molecule has 3 unspecified atom stereocenters. The van der Waals surface area contributed by atoms with Crippen LogP contribution in [-0.4, -0.2) is 55.8 Å². The molecule has 2 heterocycles. The smallest absolute Gasteiger partial charge is 0.162 e. The number of nitrogens with zero attached hydrogens (tertiary/aromatic N) is 1. The molecule has 0 aromatic carbocycles. The Morgan fingerprint density at radius 2 is 2.36 bits per heavy atom. The first-order chi connectivity index (χ1) is 6.79. The van der Waals surface area contributed by atoms with E-state index in [4.69, 9.17) is 14.6 Å². The monoisotopic (exact) mass is 201 g/mol. The fourth-order valence-corrected chi connectivity index (χ4v) is 2.24. The maximum atomic E-state index is 8.92. The molecule has 0 saturated carbocycles. The van der Waals surface area contributed by atoms with Gasteiger partial charge in [0.15, 0.2) is 6.29 Å². The first-order valence-electron chi connectivity index (χ1n) is 5.36. The predicted molar refractivity (Wildman–Crippen MR) is 51.9 cm³/mol. The van der Waals surface area contributed by atoms with E-state index in [1.54, 1.807) is 0 Å². The van der Waals surface area contributed by atoms with Gasteiger partial charge in [0.2, 0.25) is 0 Å². The summed E-state index contributed by atoms with van der Waals surface area (Å²) in [5.74, 6) is 0.477. The first kappa shape index (κ1) is 10.4. The fraction of sp³-hybridized carbons (Fsp3) is 1.00. The quantitative estimate of drug-likeness (QED) is 0.686. The molecular formula is C10H19NO3. The van der Waals surface area contributed by atoms with E-state index < -0.39 is 0 Å². The summed E-state index contributed by atoms with van der Waals surface area (Å²) >= 11 is 0. The summed E-state index contributed by atoms with van der Waals surface area (Å²) in [6.07, 6.45) is 2.20. The van der Waals surface area contributed by atoms with Crippen molar-refractivity contribution < 1.29 is 14.6 Å². The number of piperidine rings is 1. The summed E-state index contributed by atoms with van der Waals surface area (Å²) in [6, 6.07) is 0. The van der Waals surface area contributed by atoms with Crippen molar-refractivity contribution in [2.75, 3.05) is 33.4 Å². The van der Waals surface area contributed by atoms with Gasteiger partial charge in [0.05, 0.1) is 13.2 Å². The molecule has 0 aromatic rings. The number of hydrogen-bond acceptors (Lipinski definition) is 4. The van der Waals surface area contributed by atoms with Crippen molar-refractivity contribution in [2.45, 2.75) is 25.2 Å². The van der Waals surface area contributed by atoms with E-state index >= 15 is 0 Å². The molecule has 0 aromatic heterocycles. The van der Waals surface area contributed by atoms with Crippen LogP contribution < -0.4 is 0 Å². The summed E-state index contributed by atoms with van der Waals surface area (Å²) in [6.45, 7) is 2.83. The van der Waals surface area contributed by atoms with E-state index in [1.165, 1.54) is 19.4 Å². The van der Waals surface area contributed by atoms with Crippen LogP contribution in [0.4, 0.5) is 0 Å². The number of likely N-dealkylation sites (tertiary alicyclic amines) is 1. The molecule has 0 spiro atoms. The second-order valence-corrected chi connectivity index (χ2v) is 4.31. The van der Waals surface area contributed by atoms with Crippen LogP contribution in [0.1, 0.15) is 12.8 Å². The van der Waals surface area contributed by atoms with Crippen molar-refractivity contribution in [2.24, 2.45) is 5.92 Å². The Hall–Kier alpha value is -0.160. The second kappa shape index (κ2) is 4.57. The van der Waals surface area contributed by atoms with Crippen molar-refractivity contribution in [3.8, 4) is 0 Å². The van der Waals surface area contributed by atoms with Crippen molar-refractivity contribution in [1.82, 2.24) is 4.90 Å². The lowest BCUT2D eigenvalue weighted by atomic mass is 9.98. The standard InChI is InChI=1S/C10H19NO3/c1-11-4-2-3-8(5-11)10-13-7-9(6-12)14-10/h8-10,12H,2-7H2,1H3. The van der Waals surface area contributed by atoms with Crippen molar-refractivity contribution in [3.63, 3.8) is 0 Å². The van der Waals surface area contributed by atoms with Crippen LogP contribution in [0, 0.1) is 5.92 Å². The van der Waals surface area contributed by atoms with Crippen LogP contribution in [0.25, 0.3) is 0 Å². The third-order valence-corrected chi connectivity index (χ3v) is 3.02. The molecule has 1 N–H and O–H groups in total. The lowest BCUT2D eigenvalue weighted by Gasteiger charge is -2.32. The number of aliphatic hydroxyl groups is 1. The molecule has 2 aliphatic heterocycles. The molecule has 4 nitrogen and oxygen atoms in total. The maximum absolute atomic E-state index is 8.92. The van der Waals surface area contributed by atoms with E-state index in [0.29, 0.717) is 12.5 Å². The van der Waals surface area contributed by atoms with E-state index in [1.807, 2.05) is 0 Å². The zero-order chi connectivity index (χ0) is 9.97. The zero-order valence-electron chi connectivity index (χ0n) is 8.69. The molecule has 4 heteroatoms. The van der Waals surface area contributed by atoms with Gasteiger partial charge in [-0.3, -0.25) is 0 Å². The molecule has 82 valence electrons. The van der Waals surface area contributed by atoms with Crippen LogP contribution >= 0.6 is 0 Å². The van der Waals surface area contributed by atoms with Crippen molar-refractivity contribution in [1.29, 1.82) is 0 Å². The van der Waals surface area contributed by atoms with Crippen molar-refractivity contribution in [3.05, 3.63) is 0 Å². The minimum atomic E-state index is -0.104. The Bertz CT molecular complexity index is 188. The molecule has 0 amide bonds. The Morgan fingerprint density at radius 3 is 3.00 bits per heavy atom. The molecule has 0 bridgehead atoms. The average Bonchev–Trinajstić information content (AvgIpc) is 2.66. The second-order valence-electron chi connectivity index (χ2n) is 4.31. The first-order valence-corrected chi connectivity index (χ1v) is 5.36. The van der Waals surface area contributed by atoms with E-state index in [0.717, 1.165) is 6.54 Å². The summed E-state index contributed by atoms with van der Waals surface area (Å²) < 4.78 is 11.1. The van der Waals surface area contributed by atoms with Gasteiger partial charge in [-0.25, -0.2) is 0 Å². The third-order valence-electron chi connectivity index (χ3n) is 3.02. The summed E-state index contributed by atoms with van der Waals surface area (Å²) in [4.78, 5) is 2.31. The lowest BCUT2D eigenvalue weighted by molar-refractivity contribution is -0.114. The third kappa shape index (κ3) is 2.25. The number of rotatable bonds is 2. The number of ether oxygens (including phenoxy) is 2. The highest BCUT2D eigenvalue weighted by Crippen LogP contribution is 2.26. The number of aliphatic hydroxyl groups excluding tert-OH is 1. The highest BCUT2D eigenvalue weighted by molar-refractivity contribution is 4.77. The lowest BCUT2D eigenvalue weighted by Crippen LogP contribution is -2.38. The molecule has 3 atom stereocenters. The Morgan fingerprint density at radius 1 is 1.50 bits per heavy atom. The van der Waals surface area contributed by atoms with Gasteiger partial charge in [-0.1, -0.05) is 0 Å². The highest BCUT2D eigenvalue weighted by Gasteiger charge is 2.33. The van der Waals surface area contributed by atoms with E-state index in [9.17, 15) is 0 Å². The number of hydrogen-bond donors (Lipinski definition) is 1. The van der Waals surface area contributed by atoms with Crippen molar-refractivity contribution >= 4 is 0 Å². The fourth-order valence-electron chi connectivity index (χ4n) is 2.24. The van der Waals surface area contributed by atoms with Crippen LogP contribution in [0.3, 0.4) is 0 Å². The molecule has 0 aliphatic carbocycles. The van der Waals surface area contributed by atoms with Gasteiger partial charge in [0.25, 0.3) is 0 Å². The predicted octanol–water partition coefficient (Wildman–Crippen LogP) is 0.0620. The van der Waals surface area contributed by atoms with Crippen LogP contribution in [0.2, 0.25) is 0 Å². The van der Waals surface area contributed by atoms with Gasteiger partial charge in [-0.05, 0) is 26.4 Å². The average molecular weight is 201 g/mol. The molecular weight excluding hydrogens is 182 g/mol. The molecule has 2 saturated heterocycles. The van der Waals surface area contributed by atoms with Crippen LogP contribution in [0.5, 0.6) is 0 Å². The summed E-state index contributed by atoms with van der Waals surface area (Å²) in [5.41, 5.74) is 0. The van der Waals surface area contributed by atoms with E-state index in [-0.39, 0.29) is 19.0 Å². The van der Waals surface area contributed by atoms with Crippen LogP contribution in [-0.2, 0) is 9.47 Å². The molecule has 2 fully saturated rings. The van der Waals surface area contributed by atoms with Gasteiger partial charge in [0, 0.05) is 12.5 Å². The van der Waals surface area contributed by atoms with Gasteiger partial charge in [-0.2, -0.15) is 0 Å². The maximum Gasteiger partial charge on any atom is 0.162 e. The normalized spacial score (nSPS) is 40.3. The van der Waals surface area contributed by atoms with Crippen LogP contribution in [0.15, 0.2) is 0 Å². The largest absolute Gasteiger partial charge is 0.394 e. The SMILES string of the molecule is CN1CCCC(C2OCC(CO)O2)C1. The van der Waals surface area contributed by atoms with Gasteiger partial charge in [0.1, 0.15) is 6.10 Å². The highest BCUT2D eigenvalue weighted by atomic mass is 16.7. The zero-order valence-corrected chi connectivity index (χ0v) is 8.69. The summed E-state index contributed by atoms with van der Waals surface area (Å²) in [5, 5.41) is 8.92. The van der Waals surface area contributed by atoms with Gasteiger partial charge in [-0.15, -0.1) is 0 Å². The minimum Gasteiger partial charge on any atom is -0.394 e. The minimum absolute atomic E-state index is 0.0685. The molecule has 2 rings (SSSR count). The Kier molecular flexibility index (Phi) is 3.38. The van der Waals surface area contributed by atoms with Gasteiger partial charge >= 0.3 is 0 Å². The molecule has 2 aliphatic rings. The van der Waals surface area contributed by atoms with Gasteiger partial charge < -0.3 is 19.5 Å². The molecule has 14 heavy (non-hydrogen) atoms. The topological polar surface area (TPSA) is 41.9 Å².